The van der Waals surface area contributed by atoms with Crippen LogP contribution in [0.2, 0.25) is 0 Å². The number of aliphatic hydroxyl groups excluding tert-OH is 1. The maximum atomic E-state index is 8.95. The molecule has 0 radical (unpaired) electrons. The van der Waals surface area contributed by atoms with E-state index < -0.39 is 0 Å². The maximum Gasteiger partial charge on any atom is 0.0558 e. The highest BCUT2D eigenvalue weighted by atomic mass is 16.3. The molecule has 0 heterocycles. The van der Waals surface area contributed by atoms with Crippen molar-refractivity contribution in [3.05, 3.63) is 24.3 Å². The molecule has 3 N–H and O–H groups in total. The minimum Gasteiger partial charge on any atom is -0.395 e. The van der Waals surface area contributed by atoms with Gasteiger partial charge in [-0.3, -0.25) is 4.90 Å². The van der Waals surface area contributed by atoms with Gasteiger partial charge < -0.3 is 10.8 Å². The molecule has 14 heavy (non-hydrogen) atoms. The van der Waals surface area contributed by atoms with E-state index in [9.17, 15) is 0 Å². The highest BCUT2D eigenvalue weighted by Crippen LogP contribution is 2.21. The first-order valence-corrected chi connectivity index (χ1v) is 5.12. The fraction of sp³-hybridized carbons (Fsp3) is 0.636. The molecule has 0 saturated heterocycles. The van der Waals surface area contributed by atoms with Crippen molar-refractivity contribution in [3.63, 3.8) is 0 Å². The minimum absolute atomic E-state index is 0.0379. The van der Waals surface area contributed by atoms with Crippen LogP contribution in [-0.2, 0) is 0 Å². The van der Waals surface area contributed by atoms with Crippen LogP contribution in [0.1, 0.15) is 13.8 Å². The molecule has 0 bridgehead atoms. The van der Waals surface area contributed by atoms with Gasteiger partial charge >= 0.3 is 0 Å². The van der Waals surface area contributed by atoms with Crippen LogP contribution in [0.4, 0.5) is 0 Å². The first-order valence-electron chi connectivity index (χ1n) is 5.12. The number of aliphatic hydroxyl groups is 1. The normalized spacial score (nSPS) is 31.4. The number of hydrogen-bond donors (Lipinski definition) is 2. The van der Waals surface area contributed by atoms with Crippen LogP contribution in [-0.4, -0.2) is 41.3 Å². The van der Waals surface area contributed by atoms with Crippen molar-refractivity contribution in [1.82, 2.24) is 4.90 Å². The van der Waals surface area contributed by atoms with Gasteiger partial charge in [0.1, 0.15) is 0 Å². The highest BCUT2D eigenvalue weighted by molar-refractivity contribution is 5.26. The van der Waals surface area contributed by atoms with Crippen LogP contribution in [0.15, 0.2) is 24.3 Å². The van der Waals surface area contributed by atoms with Gasteiger partial charge in [-0.05, 0) is 13.5 Å². The number of rotatable bonds is 4. The van der Waals surface area contributed by atoms with Crippen molar-refractivity contribution >= 4 is 0 Å². The smallest absolute Gasteiger partial charge is 0.0558 e. The lowest BCUT2D eigenvalue weighted by Crippen LogP contribution is -2.46. The van der Waals surface area contributed by atoms with Gasteiger partial charge in [0.2, 0.25) is 0 Å². The molecule has 0 aromatic carbocycles. The largest absolute Gasteiger partial charge is 0.395 e. The summed E-state index contributed by atoms with van der Waals surface area (Å²) in [6.07, 6.45) is 8.22. The van der Waals surface area contributed by atoms with E-state index in [0.29, 0.717) is 6.54 Å². The molecule has 0 unspecified atom stereocenters. The Balaban J connectivity index is 2.73. The standard InChI is InChI=1S/C11H20N2O/c1-3-13(8-9-14)11(2)6-4-10(12)5-7-11/h4-7,10,14H,3,8-9,12H2,1-2H3. The number of nitrogens with two attached hydrogens (primary N) is 1. The monoisotopic (exact) mass is 196 g/mol. The van der Waals surface area contributed by atoms with E-state index in [1.165, 1.54) is 0 Å². The molecular weight excluding hydrogens is 176 g/mol. The van der Waals surface area contributed by atoms with E-state index in [2.05, 4.69) is 30.9 Å². The van der Waals surface area contributed by atoms with Gasteiger partial charge in [0.05, 0.1) is 12.1 Å². The lowest BCUT2D eigenvalue weighted by Gasteiger charge is -2.37. The fourth-order valence-electron chi connectivity index (χ4n) is 1.80. The van der Waals surface area contributed by atoms with Crippen LogP contribution in [0.3, 0.4) is 0 Å². The Hall–Kier alpha value is -0.640. The third-order valence-electron chi connectivity index (χ3n) is 2.74. The second kappa shape index (κ2) is 4.73. The maximum absolute atomic E-state index is 8.95. The van der Waals surface area contributed by atoms with Crippen LogP contribution < -0.4 is 5.73 Å². The average molecular weight is 196 g/mol. The van der Waals surface area contributed by atoms with Crippen LogP contribution in [0, 0.1) is 0 Å². The molecule has 0 aromatic heterocycles. The van der Waals surface area contributed by atoms with E-state index in [0.717, 1.165) is 6.54 Å². The SMILES string of the molecule is CCN(CCO)C1(C)C=CC(N)C=C1. The summed E-state index contributed by atoms with van der Waals surface area (Å²) >= 11 is 0. The quantitative estimate of drug-likeness (QED) is 0.644. The van der Waals surface area contributed by atoms with Crippen molar-refractivity contribution in [3.8, 4) is 0 Å². The second-order valence-electron chi connectivity index (χ2n) is 3.82. The van der Waals surface area contributed by atoms with Crippen LogP contribution in [0.5, 0.6) is 0 Å². The zero-order chi connectivity index (χ0) is 10.6. The Labute approximate surface area is 85.9 Å². The predicted molar refractivity (Wildman–Crippen MR) is 59.0 cm³/mol. The second-order valence-corrected chi connectivity index (χ2v) is 3.82. The molecule has 0 spiro atoms. The van der Waals surface area contributed by atoms with E-state index >= 15 is 0 Å². The molecular formula is C11H20N2O. The van der Waals surface area contributed by atoms with Crippen LogP contribution >= 0.6 is 0 Å². The summed E-state index contributed by atoms with van der Waals surface area (Å²) in [6.45, 7) is 6.03. The Bertz CT molecular complexity index is 221. The van der Waals surface area contributed by atoms with Crippen molar-refractivity contribution in [2.24, 2.45) is 5.73 Å². The Kier molecular flexibility index (Phi) is 3.86. The van der Waals surface area contributed by atoms with Crippen molar-refractivity contribution in [2.45, 2.75) is 25.4 Å². The third-order valence-corrected chi connectivity index (χ3v) is 2.74. The van der Waals surface area contributed by atoms with Gasteiger partial charge in [0.25, 0.3) is 0 Å². The molecule has 3 nitrogen and oxygen atoms in total. The Morgan fingerprint density at radius 1 is 1.43 bits per heavy atom. The molecule has 0 amide bonds. The molecule has 3 heteroatoms. The molecule has 0 fully saturated rings. The van der Waals surface area contributed by atoms with Gasteiger partial charge in [0, 0.05) is 12.6 Å². The van der Waals surface area contributed by atoms with E-state index in [1.54, 1.807) is 0 Å². The summed E-state index contributed by atoms with van der Waals surface area (Å²) in [5.74, 6) is 0. The molecule has 0 aliphatic heterocycles. The molecule has 80 valence electrons. The highest BCUT2D eigenvalue weighted by Gasteiger charge is 2.26. The number of nitrogens with zero attached hydrogens (tertiary/aromatic N) is 1. The molecule has 0 atom stereocenters. The average Bonchev–Trinajstić information content (AvgIpc) is 2.19. The minimum atomic E-state index is -0.0899. The lowest BCUT2D eigenvalue weighted by atomic mass is 9.92. The number of hydrogen-bond acceptors (Lipinski definition) is 3. The van der Waals surface area contributed by atoms with E-state index in [4.69, 9.17) is 10.8 Å². The molecule has 0 aromatic rings. The van der Waals surface area contributed by atoms with E-state index in [1.807, 2.05) is 12.2 Å². The van der Waals surface area contributed by atoms with Gasteiger partial charge in [-0.25, -0.2) is 0 Å². The third kappa shape index (κ3) is 2.44. The first-order chi connectivity index (χ1) is 6.62. The van der Waals surface area contributed by atoms with Crippen LogP contribution in [0.25, 0.3) is 0 Å². The fourth-order valence-corrected chi connectivity index (χ4v) is 1.80. The lowest BCUT2D eigenvalue weighted by molar-refractivity contribution is 0.147. The van der Waals surface area contributed by atoms with Gasteiger partial charge in [0.15, 0.2) is 0 Å². The molecule has 0 saturated carbocycles. The van der Waals surface area contributed by atoms with Crippen molar-refractivity contribution in [1.29, 1.82) is 0 Å². The van der Waals surface area contributed by atoms with Crippen molar-refractivity contribution < 1.29 is 5.11 Å². The zero-order valence-electron chi connectivity index (χ0n) is 8.98. The topological polar surface area (TPSA) is 49.5 Å². The molecule has 1 aliphatic carbocycles. The summed E-state index contributed by atoms with van der Waals surface area (Å²) in [4.78, 5) is 2.21. The molecule has 1 rings (SSSR count). The molecule has 1 aliphatic rings. The van der Waals surface area contributed by atoms with Gasteiger partial charge in [-0.1, -0.05) is 31.2 Å². The first kappa shape index (κ1) is 11.4. The zero-order valence-corrected chi connectivity index (χ0v) is 8.98. The summed E-state index contributed by atoms with van der Waals surface area (Å²) in [6, 6.07) is 0.0379. The summed E-state index contributed by atoms with van der Waals surface area (Å²) in [5, 5.41) is 8.95. The van der Waals surface area contributed by atoms with Gasteiger partial charge in [-0.2, -0.15) is 0 Å². The Morgan fingerprint density at radius 2 is 2.00 bits per heavy atom. The van der Waals surface area contributed by atoms with Gasteiger partial charge in [-0.15, -0.1) is 0 Å². The summed E-state index contributed by atoms with van der Waals surface area (Å²) < 4.78 is 0. The van der Waals surface area contributed by atoms with E-state index in [-0.39, 0.29) is 18.2 Å². The summed E-state index contributed by atoms with van der Waals surface area (Å²) in [7, 11) is 0. The summed E-state index contributed by atoms with van der Waals surface area (Å²) in [5.41, 5.74) is 5.64. The number of likely N-dealkylation sites (N-methyl/N-ethyl adjacent to an activating group) is 1. The predicted octanol–water partition coefficient (Wildman–Crippen LogP) is 0.513. The Morgan fingerprint density at radius 3 is 2.43 bits per heavy atom. The number of β-amino-alcohol motifs (C(OH)–C–C–N with tert-alkyl or cyclic N) is 1. The van der Waals surface area contributed by atoms with Crippen molar-refractivity contribution in [2.75, 3.05) is 19.7 Å².